The first-order valence-electron chi connectivity index (χ1n) is 5.88. The Morgan fingerprint density at radius 1 is 1.33 bits per heavy atom. The van der Waals surface area contributed by atoms with E-state index in [-0.39, 0.29) is 0 Å². The molecule has 0 bridgehead atoms. The Labute approximate surface area is 105 Å². The second-order valence-electron chi connectivity index (χ2n) is 4.32. The molecule has 5 heteroatoms. The summed E-state index contributed by atoms with van der Waals surface area (Å²) in [6, 6.07) is 11.7. The van der Waals surface area contributed by atoms with Crippen molar-refractivity contribution >= 4 is 0 Å². The van der Waals surface area contributed by atoms with Gasteiger partial charge in [0, 0.05) is 11.6 Å². The van der Waals surface area contributed by atoms with E-state index in [9.17, 15) is 5.11 Å². The minimum absolute atomic E-state index is 0.347. The van der Waals surface area contributed by atoms with E-state index in [0.29, 0.717) is 19.7 Å². The van der Waals surface area contributed by atoms with Gasteiger partial charge < -0.3 is 9.63 Å². The average molecular weight is 246 g/mol. The van der Waals surface area contributed by atoms with Crippen molar-refractivity contribution in [3.05, 3.63) is 42.2 Å². The lowest BCUT2D eigenvalue weighted by Crippen LogP contribution is -2.20. The lowest BCUT2D eigenvalue weighted by atomic mass is 10.1. The second kappa shape index (κ2) is 4.89. The molecule has 0 aliphatic carbocycles. The van der Waals surface area contributed by atoms with Crippen LogP contribution in [-0.4, -0.2) is 34.6 Å². The number of aliphatic hydroxyl groups excluding tert-OH is 1. The molecule has 5 nitrogen and oxygen atoms in total. The SMILES string of the molecule is O[C@@H]1CON(Cc2cc(-c3ccccc3)no2)C1. The van der Waals surface area contributed by atoms with Gasteiger partial charge in [0.1, 0.15) is 5.69 Å². The summed E-state index contributed by atoms with van der Waals surface area (Å²) in [7, 11) is 0. The fourth-order valence-corrected chi connectivity index (χ4v) is 1.95. The molecule has 1 N–H and O–H groups in total. The minimum Gasteiger partial charge on any atom is -0.389 e. The van der Waals surface area contributed by atoms with E-state index in [1.54, 1.807) is 5.06 Å². The van der Waals surface area contributed by atoms with E-state index in [4.69, 9.17) is 9.36 Å². The summed E-state index contributed by atoms with van der Waals surface area (Å²) in [5, 5.41) is 15.1. The highest BCUT2D eigenvalue weighted by Crippen LogP contribution is 2.20. The van der Waals surface area contributed by atoms with Crippen molar-refractivity contribution in [2.45, 2.75) is 12.6 Å². The average Bonchev–Trinajstić information content (AvgIpc) is 3.01. The summed E-state index contributed by atoms with van der Waals surface area (Å²) in [5.74, 6) is 0.725. The van der Waals surface area contributed by atoms with E-state index < -0.39 is 6.10 Å². The Kier molecular flexibility index (Phi) is 3.10. The molecule has 1 aromatic carbocycles. The quantitative estimate of drug-likeness (QED) is 0.888. The maximum atomic E-state index is 9.35. The van der Waals surface area contributed by atoms with E-state index in [0.717, 1.165) is 17.0 Å². The van der Waals surface area contributed by atoms with Crippen molar-refractivity contribution < 1.29 is 14.5 Å². The summed E-state index contributed by atoms with van der Waals surface area (Å²) in [6.07, 6.45) is -0.415. The molecule has 2 heterocycles. The number of hydrogen-bond acceptors (Lipinski definition) is 5. The van der Waals surface area contributed by atoms with Crippen molar-refractivity contribution in [2.24, 2.45) is 0 Å². The van der Waals surface area contributed by atoms with Crippen LogP contribution in [0.1, 0.15) is 5.76 Å². The topological polar surface area (TPSA) is 58.7 Å². The molecule has 0 unspecified atom stereocenters. The number of hydrogen-bond donors (Lipinski definition) is 1. The van der Waals surface area contributed by atoms with Crippen LogP contribution in [0.15, 0.2) is 40.9 Å². The molecule has 0 spiro atoms. The Morgan fingerprint density at radius 2 is 2.17 bits per heavy atom. The third kappa shape index (κ3) is 2.43. The first-order valence-corrected chi connectivity index (χ1v) is 5.88. The number of β-amino-alcohol motifs (C(OH)–C–C–N with tert-alkyl or cyclic N) is 1. The molecule has 1 atom stereocenters. The molecule has 0 amide bonds. The molecule has 1 fully saturated rings. The first-order chi connectivity index (χ1) is 8.81. The fourth-order valence-electron chi connectivity index (χ4n) is 1.95. The zero-order valence-corrected chi connectivity index (χ0v) is 9.82. The van der Waals surface area contributed by atoms with Crippen LogP contribution in [0, 0.1) is 0 Å². The highest BCUT2D eigenvalue weighted by atomic mass is 16.7. The van der Waals surface area contributed by atoms with Crippen LogP contribution in [0.25, 0.3) is 11.3 Å². The predicted molar refractivity (Wildman–Crippen MR) is 64.3 cm³/mol. The zero-order chi connectivity index (χ0) is 12.4. The van der Waals surface area contributed by atoms with Crippen molar-refractivity contribution in [3.63, 3.8) is 0 Å². The van der Waals surface area contributed by atoms with Gasteiger partial charge in [-0.15, -0.1) is 0 Å². The van der Waals surface area contributed by atoms with Crippen molar-refractivity contribution in [1.82, 2.24) is 10.2 Å². The van der Waals surface area contributed by atoms with Gasteiger partial charge in [-0.2, -0.15) is 5.06 Å². The summed E-state index contributed by atoms with van der Waals surface area (Å²) in [4.78, 5) is 5.28. The normalized spacial score (nSPS) is 20.4. The van der Waals surface area contributed by atoms with Crippen LogP contribution in [0.2, 0.25) is 0 Å². The molecule has 0 saturated carbocycles. The Balaban J connectivity index is 1.70. The van der Waals surface area contributed by atoms with Crippen LogP contribution in [-0.2, 0) is 11.4 Å². The molecule has 0 radical (unpaired) electrons. The summed E-state index contributed by atoms with van der Waals surface area (Å²) in [5.41, 5.74) is 1.83. The molecule has 3 rings (SSSR count). The number of nitrogens with zero attached hydrogens (tertiary/aromatic N) is 2. The standard InChI is InChI=1S/C13H14N2O3/c16-11-7-15(17-9-11)8-12-6-13(14-18-12)10-4-2-1-3-5-10/h1-6,11,16H,7-9H2/t11-/m0/s1. The van der Waals surface area contributed by atoms with Gasteiger partial charge in [-0.3, -0.25) is 4.84 Å². The molecular weight excluding hydrogens is 232 g/mol. The van der Waals surface area contributed by atoms with E-state index in [1.165, 1.54) is 0 Å². The van der Waals surface area contributed by atoms with Gasteiger partial charge in [0.25, 0.3) is 0 Å². The largest absolute Gasteiger partial charge is 0.389 e. The lowest BCUT2D eigenvalue weighted by molar-refractivity contribution is -0.121. The molecule has 1 aliphatic rings. The van der Waals surface area contributed by atoms with Crippen LogP contribution < -0.4 is 0 Å². The lowest BCUT2D eigenvalue weighted by Gasteiger charge is -2.09. The highest BCUT2D eigenvalue weighted by Gasteiger charge is 2.22. The third-order valence-electron chi connectivity index (χ3n) is 2.82. The van der Waals surface area contributed by atoms with Crippen molar-refractivity contribution in [3.8, 4) is 11.3 Å². The number of hydroxylamine groups is 2. The predicted octanol–water partition coefficient (Wildman–Crippen LogP) is 1.45. The Hall–Kier alpha value is -1.69. The summed E-state index contributed by atoms with van der Waals surface area (Å²) >= 11 is 0. The molecule has 1 saturated heterocycles. The molecular formula is C13H14N2O3. The number of aromatic nitrogens is 1. The van der Waals surface area contributed by atoms with Gasteiger partial charge in [0.15, 0.2) is 5.76 Å². The number of benzene rings is 1. The number of aliphatic hydroxyl groups is 1. The zero-order valence-electron chi connectivity index (χ0n) is 9.82. The van der Waals surface area contributed by atoms with Crippen molar-refractivity contribution in [2.75, 3.05) is 13.2 Å². The van der Waals surface area contributed by atoms with Crippen LogP contribution in [0.3, 0.4) is 0 Å². The number of rotatable bonds is 3. The first kappa shape index (κ1) is 11.4. The van der Waals surface area contributed by atoms with Crippen molar-refractivity contribution in [1.29, 1.82) is 0 Å². The Morgan fingerprint density at radius 3 is 2.89 bits per heavy atom. The van der Waals surface area contributed by atoms with E-state index in [2.05, 4.69) is 5.16 Å². The van der Waals surface area contributed by atoms with Gasteiger partial charge in [-0.25, -0.2) is 0 Å². The van der Waals surface area contributed by atoms with E-state index >= 15 is 0 Å². The summed E-state index contributed by atoms with van der Waals surface area (Å²) in [6.45, 7) is 1.35. The van der Waals surface area contributed by atoms with Crippen LogP contribution in [0.4, 0.5) is 0 Å². The molecule has 94 valence electrons. The van der Waals surface area contributed by atoms with Gasteiger partial charge >= 0.3 is 0 Å². The summed E-state index contributed by atoms with van der Waals surface area (Å²) < 4.78 is 5.26. The van der Waals surface area contributed by atoms with Gasteiger partial charge in [0.2, 0.25) is 0 Å². The second-order valence-corrected chi connectivity index (χ2v) is 4.32. The molecule has 2 aromatic rings. The van der Waals surface area contributed by atoms with Gasteiger partial charge in [0.05, 0.1) is 25.8 Å². The van der Waals surface area contributed by atoms with E-state index in [1.807, 2.05) is 36.4 Å². The van der Waals surface area contributed by atoms with Gasteiger partial charge in [-0.05, 0) is 0 Å². The molecule has 18 heavy (non-hydrogen) atoms. The smallest absolute Gasteiger partial charge is 0.153 e. The highest BCUT2D eigenvalue weighted by molar-refractivity contribution is 5.58. The monoisotopic (exact) mass is 246 g/mol. The maximum absolute atomic E-state index is 9.35. The molecule has 1 aliphatic heterocycles. The minimum atomic E-state index is -0.415. The molecule has 1 aromatic heterocycles. The fraction of sp³-hybridized carbons (Fsp3) is 0.308. The van der Waals surface area contributed by atoms with Gasteiger partial charge in [-0.1, -0.05) is 35.5 Å². The Bertz CT molecular complexity index is 512. The third-order valence-corrected chi connectivity index (χ3v) is 2.82. The van der Waals surface area contributed by atoms with Crippen LogP contribution >= 0.6 is 0 Å². The maximum Gasteiger partial charge on any atom is 0.153 e. The van der Waals surface area contributed by atoms with Crippen LogP contribution in [0.5, 0.6) is 0 Å².